The molecule has 2 aliphatic rings. The van der Waals surface area contributed by atoms with E-state index in [1.807, 2.05) is 73.7 Å². The highest BCUT2D eigenvalue weighted by atomic mass is 16.2. The van der Waals surface area contributed by atoms with E-state index in [1.165, 1.54) is 4.90 Å². The number of urea groups is 1. The molecule has 28 heavy (non-hydrogen) atoms. The lowest BCUT2D eigenvalue weighted by Gasteiger charge is -2.27. The maximum absolute atomic E-state index is 13.0. The van der Waals surface area contributed by atoms with E-state index in [0.29, 0.717) is 12.1 Å². The van der Waals surface area contributed by atoms with E-state index in [1.54, 1.807) is 11.0 Å². The van der Waals surface area contributed by atoms with Gasteiger partial charge in [-0.3, -0.25) is 14.6 Å². The monoisotopic (exact) mass is 368 g/mol. The zero-order valence-corrected chi connectivity index (χ0v) is 15.6. The summed E-state index contributed by atoms with van der Waals surface area (Å²) in [5.41, 5.74) is 3.02. The number of amides is 3. The van der Waals surface area contributed by atoms with Crippen molar-refractivity contribution in [3.8, 4) is 11.8 Å². The number of rotatable bonds is 3. The van der Waals surface area contributed by atoms with Crippen LogP contribution in [0.4, 0.5) is 4.79 Å². The Morgan fingerprint density at radius 1 is 0.929 bits per heavy atom. The van der Waals surface area contributed by atoms with E-state index in [9.17, 15) is 9.59 Å². The highest BCUT2D eigenvalue weighted by Gasteiger charge is 2.44. The normalized spacial score (nSPS) is 18.2. The van der Waals surface area contributed by atoms with Crippen LogP contribution in [0.15, 0.2) is 84.1 Å². The molecule has 0 aliphatic carbocycles. The van der Waals surface area contributed by atoms with Crippen LogP contribution in [0, 0.1) is 11.8 Å². The van der Waals surface area contributed by atoms with Gasteiger partial charge in [0, 0.05) is 11.1 Å². The molecule has 0 N–H and O–H groups in total. The van der Waals surface area contributed by atoms with Crippen molar-refractivity contribution >= 4 is 11.9 Å². The number of nitrogens with zero attached hydrogens (tertiary/aromatic N) is 2. The van der Waals surface area contributed by atoms with Gasteiger partial charge in [-0.2, -0.15) is 0 Å². The van der Waals surface area contributed by atoms with Gasteiger partial charge in [0.05, 0.1) is 12.6 Å². The molecular formula is C24H20N2O2. The lowest BCUT2D eigenvalue weighted by atomic mass is 10.0. The van der Waals surface area contributed by atoms with Crippen molar-refractivity contribution in [2.75, 3.05) is 0 Å². The molecule has 2 aliphatic heterocycles. The van der Waals surface area contributed by atoms with Crippen LogP contribution in [0.25, 0.3) is 0 Å². The minimum atomic E-state index is -0.265. The Bertz CT molecular complexity index is 1030. The van der Waals surface area contributed by atoms with Crippen LogP contribution in [0.1, 0.15) is 24.5 Å². The number of fused-ring (bicyclic) bond motifs is 1. The first-order valence-electron chi connectivity index (χ1n) is 9.37. The van der Waals surface area contributed by atoms with Gasteiger partial charge in [-0.1, -0.05) is 67.3 Å². The van der Waals surface area contributed by atoms with E-state index in [0.717, 1.165) is 16.7 Å². The highest BCUT2D eigenvalue weighted by Crippen LogP contribution is 2.31. The summed E-state index contributed by atoms with van der Waals surface area (Å²) in [4.78, 5) is 28.8. The smallest absolute Gasteiger partial charge is 0.282 e. The number of benzene rings is 2. The maximum Gasteiger partial charge on any atom is 0.332 e. The second kappa shape index (κ2) is 7.58. The summed E-state index contributed by atoms with van der Waals surface area (Å²) in [7, 11) is 0. The zero-order valence-electron chi connectivity index (χ0n) is 15.6. The van der Waals surface area contributed by atoms with Gasteiger partial charge in [-0.15, -0.1) is 0 Å². The summed E-state index contributed by atoms with van der Waals surface area (Å²) in [6.07, 6.45) is 4.41. The van der Waals surface area contributed by atoms with Crippen LogP contribution in [-0.2, 0) is 11.3 Å². The van der Waals surface area contributed by atoms with E-state index < -0.39 is 0 Å². The van der Waals surface area contributed by atoms with Crippen LogP contribution in [0.2, 0.25) is 0 Å². The minimum absolute atomic E-state index is 0.169. The van der Waals surface area contributed by atoms with Gasteiger partial charge < -0.3 is 0 Å². The summed E-state index contributed by atoms with van der Waals surface area (Å²) < 4.78 is 0. The zero-order chi connectivity index (χ0) is 19.5. The average Bonchev–Trinajstić information content (AvgIpc) is 2.98. The average molecular weight is 368 g/mol. The molecule has 0 spiro atoms. The van der Waals surface area contributed by atoms with Crippen molar-refractivity contribution in [3.05, 3.63) is 95.2 Å². The SMILES string of the molecule is CCC1C=C(C#Cc2ccccc2)C=C2C(=O)N(Cc3ccccc3)C(=O)N21. The van der Waals surface area contributed by atoms with Gasteiger partial charge in [0.2, 0.25) is 0 Å². The molecule has 2 heterocycles. The molecular weight excluding hydrogens is 348 g/mol. The molecule has 4 heteroatoms. The molecule has 0 aromatic heterocycles. The van der Waals surface area contributed by atoms with E-state index in [-0.39, 0.29) is 24.5 Å². The van der Waals surface area contributed by atoms with Crippen LogP contribution in [-0.4, -0.2) is 27.8 Å². The molecule has 0 radical (unpaired) electrons. The lowest BCUT2D eigenvalue weighted by Crippen LogP contribution is -2.38. The molecule has 1 atom stereocenters. The van der Waals surface area contributed by atoms with Crippen molar-refractivity contribution in [1.82, 2.24) is 9.80 Å². The van der Waals surface area contributed by atoms with E-state index >= 15 is 0 Å². The molecule has 2 aromatic rings. The second-order valence-corrected chi connectivity index (χ2v) is 6.77. The third-order valence-electron chi connectivity index (χ3n) is 4.88. The fourth-order valence-electron chi connectivity index (χ4n) is 3.44. The summed E-state index contributed by atoms with van der Waals surface area (Å²) in [5.74, 6) is 6.00. The van der Waals surface area contributed by atoms with Crippen molar-refractivity contribution in [2.24, 2.45) is 0 Å². The summed E-state index contributed by atoms with van der Waals surface area (Å²) >= 11 is 0. The number of hydrogen-bond donors (Lipinski definition) is 0. The lowest BCUT2D eigenvalue weighted by molar-refractivity contribution is -0.123. The second-order valence-electron chi connectivity index (χ2n) is 6.77. The summed E-state index contributed by atoms with van der Waals surface area (Å²) in [6.45, 7) is 2.28. The van der Waals surface area contributed by atoms with Gasteiger partial charge in [0.15, 0.2) is 0 Å². The van der Waals surface area contributed by atoms with Gasteiger partial charge in [-0.05, 0) is 36.3 Å². The standard InChI is InChI=1S/C24H20N2O2/c1-2-21-15-20(14-13-18-9-5-3-6-10-18)16-22-23(27)25(24(28)26(21)22)17-19-11-7-4-8-12-19/h3-12,15-16,21H,2,17H2,1H3. The minimum Gasteiger partial charge on any atom is -0.282 e. The largest absolute Gasteiger partial charge is 0.332 e. The molecule has 1 fully saturated rings. The quantitative estimate of drug-likeness (QED) is 0.604. The molecule has 0 saturated carbocycles. The fourth-order valence-corrected chi connectivity index (χ4v) is 3.44. The molecule has 4 nitrogen and oxygen atoms in total. The van der Waals surface area contributed by atoms with Crippen LogP contribution in [0.5, 0.6) is 0 Å². The Morgan fingerprint density at radius 3 is 2.29 bits per heavy atom. The summed E-state index contributed by atoms with van der Waals surface area (Å²) in [6, 6.07) is 18.8. The van der Waals surface area contributed by atoms with Gasteiger partial charge in [0.25, 0.3) is 5.91 Å². The Hall–Kier alpha value is -3.58. The number of carbonyl (C=O) groups excluding carboxylic acids is 2. The van der Waals surface area contributed by atoms with Gasteiger partial charge in [-0.25, -0.2) is 4.79 Å². The van der Waals surface area contributed by atoms with Crippen molar-refractivity contribution in [3.63, 3.8) is 0 Å². The van der Waals surface area contributed by atoms with Crippen LogP contribution in [0.3, 0.4) is 0 Å². The molecule has 3 amide bonds. The number of imide groups is 1. The third kappa shape index (κ3) is 3.35. The summed E-state index contributed by atoms with van der Waals surface area (Å²) in [5, 5.41) is 0. The first-order chi connectivity index (χ1) is 13.7. The first kappa shape index (κ1) is 17.8. The van der Waals surface area contributed by atoms with Crippen molar-refractivity contribution in [2.45, 2.75) is 25.9 Å². The number of hydrogen-bond acceptors (Lipinski definition) is 2. The highest BCUT2D eigenvalue weighted by molar-refractivity contribution is 6.12. The molecule has 1 saturated heterocycles. The third-order valence-corrected chi connectivity index (χ3v) is 4.88. The Balaban J connectivity index is 1.63. The van der Waals surface area contributed by atoms with E-state index in [4.69, 9.17) is 0 Å². The molecule has 1 unspecified atom stereocenters. The Morgan fingerprint density at radius 2 is 1.61 bits per heavy atom. The predicted octanol–water partition coefficient (Wildman–Crippen LogP) is 4.11. The molecule has 2 aromatic carbocycles. The van der Waals surface area contributed by atoms with Crippen LogP contribution >= 0.6 is 0 Å². The number of carbonyl (C=O) groups is 2. The van der Waals surface area contributed by atoms with Gasteiger partial charge in [0.1, 0.15) is 5.70 Å². The topological polar surface area (TPSA) is 40.6 Å². The van der Waals surface area contributed by atoms with Crippen molar-refractivity contribution in [1.29, 1.82) is 0 Å². The predicted molar refractivity (Wildman–Crippen MR) is 108 cm³/mol. The fraction of sp³-hybridized carbons (Fsp3) is 0.167. The molecule has 0 bridgehead atoms. The number of allylic oxidation sites excluding steroid dienone is 2. The molecule has 138 valence electrons. The Labute approximate surface area is 164 Å². The van der Waals surface area contributed by atoms with Gasteiger partial charge >= 0.3 is 6.03 Å². The maximum atomic E-state index is 13.0. The van der Waals surface area contributed by atoms with Crippen molar-refractivity contribution < 1.29 is 9.59 Å². The molecule has 4 rings (SSSR count). The first-order valence-corrected chi connectivity index (χ1v) is 9.37. The van der Waals surface area contributed by atoms with Crippen LogP contribution < -0.4 is 0 Å². The Kier molecular flexibility index (Phi) is 4.82. The van der Waals surface area contributed by atoms with E-state index in [2.05, 4.69) is 11.8 Å².